The summed E-state index contributed by atoms with van der Waals surface area (Å²) in [6.07, 6.45) is 1.75. The Morgan fingerprint density at radius 3 is 2.57 bits per heavy atom. The van der Waals surface area contributed by atoms with E-state index in [-0.39, 0.29) is 0 Å². The molecule has 0 N–H and O–H groups in total. The summed E-state index contributed by atoms with van der Waals surface area (Å²) in [5, 5.41) is 1.24. The number of thiophene rings is 1. The van der Waals surface area contributed by atoms with E-state index in [1.807, 2.05) is 61.5 Å². The summed E-state index contributed by atoms with van der Waals surface area (Å²) in [6.45, 7) is 2.01. The Hall–Kier alpha value is -3.15. The number of esters is 1. The number of hydrogen-bond donors (Lipinski definition) is 0. The van der Waals surface area contributed by atoms with E-state index < -0.39 is 5.97 Å². The van der Waals surface area contributed by atoms with Gasteiger partial charge in [-0.3, -0.25) is 4.99 Å². The molecule has 30 heavy (non-hydrogen) atoms. The molecular formula is C24H18ClNO3S. The molecule has 4 aromatic rings. The second-order valence-corrected chi connectivity index (χ2v) is 8.02. The van der Waals surface area contributed by atoms with Crippen LogP contribution in [-0.2, 0) is 0 Å². The Kier molecular flexibility index (Phi) is 5.84. The third kappa shape index (κ3) is 4.08. The summed E-state index contributed by atoms with van der Waals surface area (Å²) in [4.78, 5) is 17.6. The van der Waals surface area contributed by atoms with Gasteiger partial charge < -0.3 is 9.47 Å². The van der Waals surface area contributed by atoms with Crippen molar-refractivity contribution in [3.8, 4) is 11.5 Å². The summed E-state index contributed by atoms with van der Waals surface area (Å²) in [5.74, 6) is 0.249. The molecule has 1 heterocycles. The molecule has 0 atom stereocenters. The number of halogens is 1. The summed E-state index contributed by atoms with van der Waals surface area (Å²) in [6, 6.07) is 20.8. The number of aryl methyl sites for hydroxylation is 1. The molecule has 1 aromatic heterocycles. The summed E-state index contributed by atoms with van der Waals surface area (Å²) >= 11 is 7.70. The molecule has 0 aliphatic carbocycles. The van der Waals surface area contributed by atoms with Gasteiger partial charge >= 0.3 is 5.97 Å². The highest BCUT2D eigenvalue weighted by molar-refractivity contribution is 7.21. The number of ether oxygens (including phenoxy) is 2. The first-order valence-electron chi connectivity index (χ1n) is 9.24. The number of benzene rings is 3. The fourth-order valence-corrected chi connectivity index (χ4v) is 4.38. The second kappa shape index (κ2) is 8.69. The number of aliphatic imine (C=N–C) groups is 1. The van der Waals surface area contributed by atoms with Crippen LogP contribution in [0, 0.1) is 6.92 Å². The molecule has 0 saturated carbocycles. The normalized spacial score (nSPS) is 11.2. The lowest BCUT2D eigenvalue weighted by Crippen LogP contribution is -2.08. The van der Waals surface area contributed by atoms with Crippen LogP contribution in [0.4, 0.5) is 5.69 Å². The number of methoxy groups -OCH3 is 1. The van der Waals surface area contributed by atoms with Gasteiger partial charge in [0.15, 0.2) is 11.5 Å². The summed E-state index contributed by atoms with van der Waals surface area (Å²) in [7, 11) is 1.53. The molecule has 0 bridgehead atoms. The van der Waals surface area contributed by atoms with Crippen molar-refractivity contribution < 1.29 is 14.3 Å². The van der Waals surface area contributed by atoms with Crippen LogP contribution in [0.1, 0.15) is 20.8 Å². The van der Waals surface area contributed by atoms with E-state index in [4.69, 9.17) is 21.1 Å². The maximum atomic E-state index is 12.7. The highest BCUT2D eigenvalue weighted by Crippen LogP contribution is 2.37. The summed E-state index contributed by atoms with van der Waals surface area (Å²) < 4.78 is 11.9. The van der Waals surface area contributed by atoms with Crippen LogP contribution in [0.5, 0.6) is 11.5 Å². The Morgan fingerprint density at radius 1 is 1.03 bits per heavy atom. The predicted octanol–water partition coefficient (Wildman–Crippen LogP) is 6.84. The van der Waals surface area contributed by atoms with Gasteiger partial charge in [0.1, 0.15) is 4.88 Å². The van der Waals surface area contributed by atoms with Crippen LogP contribution in [0.15, 0.2) is 71.7 Å². The molecule has 0 amide bonds. The third-order valence-electron chi connectivity index (χ3n) is 4.58. The van der Waals surface area contributed by atoms with Gasteiger partial charge in [-0.25, -0.2) is 4.79 Å². The molecule has 6 heteroatoms. The van der Waals surface area contributed by atoms with Crippen molar-refractivity contribution >= 4 is 50.9 Å². The Labute approximate surface area is 183 Å². The molecule has 0 saturated heterocycles. The zero-order chi connectivity index (χ0) is 21.1. The van der Waals surface area contributed by atoms with Crippen molar-refractivity contribution in [1.82, 2.24) is 0 Å². The number of carbonyl (C=O) groups excluding carboxylic acids is 1. The lowest BCUT2D eigenvalue weighted by atomic mass is 10.2. The van der Waals surface area contributed by atoms with Gasteiger partial charge in [0.05, 0.1) is 17.8 Å². The Morgan fingerprint density at radius 2 is 1.80 bits per heavy atom. The zero-order valence-corrected chi connectivity index (χ0v) is 18.0. The molecule has 150 valence electrons. The van der Waals surface area contributed by atoms with Crippen LogP contribution >= 0.6 is 22.9 Å². The number of para-hydroxylation sites is 1. The first-order chi connectivity index (χ1) is 14.6. The molecule has 0 aliphatic rings. The average molecular weight is 436 g/mol. The highest BCUT2D eigenvalue weighted by Gasteiger charge is 2.20. The van der Waals surface area contributed by atoms with Gasteiger partial charge in [-0.2, -0.15) is 0 Å². The van der Waals surface area contributed by atoms with Gasteiger partial charge in [0.2, 0.25) is 0 Å². The quantitative estimate of drug-likeness (QED) is 0.196. The van der Waals surface area contributed by atoms with E-state index in [2.05, 4.69) is 4.99 Å². The number of rotatable bonds is 5. The van der Waals surface area contributed by atoms with Crippen molar-refractivity contribution in [2.24, 2.45) is 4.99 Å². The molecule has 0 spiro atoms. The van der Waals surface area contributed by atoms with Crippen molar-refractivity contribution in [3.05, 3.63) is 87.8 Å². The number of nitrogens with zero attached hydrogens (tertiary/aromatic N) is 1. The Balaban J connectivity index is 1.58. The van der Waals surface area contributed by atoms with Crippen LogP contribution in [0.25, 0.3) is 10.1 Å². The molecule has 0 unspecified atom stereocenters. The molecule has 0 fully saturated rings. The van der Waals surface area contributed by atoms with Gasteiger partial charge in [0.25, 0.3) is 0 Å². The van der Waals surface area contributed by atoms with Crippen LogP contribution < -0.4 is 9.47 Å². The smallest absolute Gasteiger partial charge is 0.355 e. The number of hydrogen-bond acceptors (Lipinski definition) is 5. The topological polar surface area (TPSA) is 47.9 Å². The van der Waals surface area contributed by atoms with E-state index in [9.17, 15) is 4.79 Å². The summed E-state index contributed by atoms with van der Waals surface area (Å²) in [5.41, 5.74) is 2.81. The van der Waals surface area contributed by atoms with Crippen LogP contribution in [0.3, 0.4) is 0 Å². The molecule has 4 nitrogen and oxygen atoms in total. The first kappa shape index (κ1) is 20.1. The van der Waals surface area contributed by atoms with Gasteiger partial charge in [-0.05, 0) is 48.4 Å². The fraction of sp³-hybridized carbons (Fsp3) is 0.0833. The third-order valence-corrected chi connectivity index (χ3v) is 6.23. The molecule has 0 radical (unpaired) electrons. The van der Waals surface area contributed by atoms with E-state index >= 15 is 0 Å². The van der Waals surface area contributed by atoms with Crippen LogP contribution in [0.2, 0.25) is 5.02 Å². The van der Waals surface area contributed by atoms with Crippen molar-refractivity contribution in [3.63, 3.8) is 0 Å². The SMILES string of the molecule is COc1cc(C=Nc2ccccc2C)ccc1OC(=O)c1sc2ccccc2c1Cl. The van der Waals surface area contributed by atoms with Crippen molar-refractivity contribution in [2.75, 3.05) is 7.11 Å². The maximum Gasteiger partial charge on any atom is 0.355 e. The van der Waals surface area contributed by atoms with Gasteiger partial charge in [0, 0.05) is 16.3 Å². The molecular weight excluding hydrogens is 418 g/mol. The van der Waals surface area contributed by atoms with E-state index in [1.54, 1.807) is 18.3 Å². The van der Waals surface area contributed by atoms with Gasteiger partial charge in [-0.1, -0.05) is 48.0 Å². The fourth-order valence-electron chi connectivity index (χ4n) is 2.99. The molecule has 0 aliphatic heterocycles. The predicted molar refractivity (Wildman–Crippen MR) is 123 cm³/mol. The lowest BCUT2D eigenvalue weighted by molar-refractivity contribution is 0.0735. The van der Waals surface area contributed by atoms with Crippen molar-refractivity contribution in [2.45, 2.75) is 6.92 Å². The molecule has 3 aromatic carbocycles. The van der Waals surface area contributed by atoms with E-state index in [1.165, 1.54) is 18.4 Å². The monoisotopic (exact) mass is 435 g/mol. The van der Waals surface area contributed by atoms with Gasteiger partial charge in [-0.15, -0.1) is 11.3 Å². The van der Waals surface area contributed by atoms with Crippen LogP contribution in [-0.4, -0.2) is 19.3 Å². The van der Waals surface area contributed by atoms with E-state index in [0.29, 0.717) is 21.4 Å². The van der Waals surface area contributed by atoms with E-state index in [0.717, 1.165) is 26.9 Å². The minimum absolute atomic E-state index is 0.323. The molecule has 4 rings (SSSR count). The Bertz CT molecular complexity index is 1260. The maximum absolute atomic E-state index is 12.7. The largest absolute Gasteiger partial charge is 0.493 e. The standard InChI is InChI=1S/C24H18ClNO3S/c1-15-7-3-5-9-18(15)26-14-16-11-12-19(20(13-16)28-2)29-24(27)23-22(25)17-8-4-6-10-21(17)30-23/h3-14H,1-2H3. The number of fused-ring (bicyclic) bond motifs is 1. The minimum atomic E-state index is -0.513. The minimum Gasteiger partial charge on any atom is -0.493 e. The second-order valence-electron chi connectivity index (χ2n) is 6.59. The number of carbonyl (C=O) groups is 1. The first-order valence-corrected chi connectivity index (χ1v) is 10.4. The average Bonchev–Trinajstić information content (AvgIpc) is 3.11. The van der Waals surface area contributed by atoms with Crippen molar-refractivity contribution in [1.29, 1.82) is 0 Å². The lowest BCUT2D eigenvalue weighted by Gasteiger charge is -2.09. The highest BCUT2D eigenvalue weighted by atomic mass is 35.5. The zero-order valence-electron chi connectivity index (χ0n) is 16.4.